The highest BCUT2D eigenvalue weighted by molar-refractivity contribution is 6.36. The lowest BCUT2D eigenvalue weighted by molar-refractivity contribution is 0.0696. The fourth-order valence-electron chi connectivity index (χ4n) is 1.07. The summed E-state index contributed by atoms with van der Waals surface area (Å²) in [6.45, 7) is 1.87. The van der Waals surface area contributed by atoms with Crippen LogP contribution in [0.1, 0.15) is 15.9 Å². The van der Waals surface area contributed by atoms with Gasteiger partial charge in [0.25, 0.3) is 0 Å². The second kappa shape index (κ2) is 8.88. The van der Waals surface area contributed by atoms with Gasteiger partial charge < -0.3 is 18.4 Å². The fraction of sp³-hybridized carbons (Fsp3) is 0.364. The summed E-state index contributed by atoms with van der Waals surface area (Å²) in [5.74, 6) is -0.872. The van der Waals surface area contributed by atoms with Gasteiger partial charge in [-0.3, -0.25) is 0 Å². The van der Waals surface area contributed by atoms with Gasteiger partial charge in [0.1, 0.15) is 0 Å². The first-order valence-corrected chi connectivity index (χ1v) is 6.35. The molecule has 0 heterocycles. The molecule has 0 atom stereocenters. The first-order valence-electron chi connectivity index (χ1n) is 4.93. The van der Waals surface area contributed by atoms with E-state index < -0.39 is 15.5 Å². The predicted octanol–water partition coefficient (Wildman–Crippen LogP) is 1.34. The summed E-state index contributed by atoms with van der Waals surface area (Å²) in [5, 5.41) is 8.51. The molecular weight excluding hydrogens is 240 g/mol. The van der Waals surface area contributed by atoms with Gasteiger partial charge in [-0.1, -0.05) is 17.7 Å². The minimum Gasteiger partial charge on any atom is -0.478 e. The van der Waals surface area contributed by atoms with Gasteiger partial charge in [-0.25, -0.2) is 4.79 Å². The molecule has 0 radical (unpaired) electrons. The zero-order chi connectivity index (χ0) is 13.3. The number of hydrogen-bond donors (Lipinski definition) is 1. The average Bonchev–Trinajstić information content (AvgIpc) is 2.32. The quantitative estimate of drug-likeness (QED) is 0.826. The maximum Gasteiger partial charge on any atom is 0.483 e. The van der Waals surface area contributed by atoms with E-state index >= 15 is 0 Å². The molecule has 5 nitrogen and oxygen atoms in total. The predicted molar refractivity (Wildman–Crippen MR) is 66.3 cm³/mol. The first kappa shape index (κ1) is 15.8. The zero-order valence-corrected chi connectivity index (χ0v) is 11.6. The van der Waals surface area contributed by atoms with E-state index in [0.717, 1.165) is 5.56 Å². The Morgan fingerprint density at radius 2 is 1.71 bits per heavy atom. The molecule has 6 heteroatoms. The Bertz CT molecular complexity index is 333. The SMILES string of the molecule is CO[SiH](OC)OC.Cc1cccc(C(=O)O)c1. The molecule has 0 aliphatic heterocycles. The molecule has 0 unspecified atom stereocenters. The Kier molecular flexibility index (Phi) is 8.25. The van der Waals surface area contributed by atoms with Gasteiger partial charge >= 0.3 is 15.5 Å². The maximum absolute atomic E-state index is 10.4. The summed E-state index contributed by atoms with van der Waals surface area (Å²) in [5.41, 5.74) is 1.32. The van der Waals surface area contributed by atoms with Crippen LogP contribution in [0.2, 0.25) is 0 Å². The number of carboxylic acids is 1. The Labute approximate surface area is 103 Å². The molecule has 0 aliphatic carbocycles. The zero-order valence-electron chi connectivity index (χ0n) is 10.5. The van der Waals surface area contributed by atoms with Crippen LogP contribution in [-0.4, -0.2) is 41.9 Å². The highest BCUT2D eigenvalue weighted by Gasteiger charge is 2.05. The van der Waals surface area contributed by atoms with Crippen molar-refractivity contribution < 1.29 is 23.2 Å². The highest BCUT2D eigenvalue weighted by Crippen LogP contribution is 2.02. The largest absolute Gasteiger partial charge is 0.483 e. The third-order valence-corrected chi connectivity index (χ3v) is 3.00. The Morgan fingerprint density at radius 3 is 1.94 bits per heavy atom. The third-order valence-electron chi connectivity index (χ3n) is 1.84. The summed E-state index contributed by atoms with van der Waals surface area (Å²) in [6.07, 6.45) is 0. The number of carboxylic acid groups (broad SMARTS) is 1. The lowest BCUT2D eigenvalue weighted by Gasteiger charge is -2.05. The highest BCUT2D eigenvalue weighted by atomic mass is 28.3. The van der Waals surface area contributed by atoms with Crippen LogP contribution in [0.15, 0.2) is 24.3 Å². The lowest BCUT2D eigenvalue weighted by Crippen LogP contribution is -2.21. The van der Waals surface area contributed by atoms with Crippen molar-refractivity contribution in [2.45, 2.75) is 6.92 Å². The van der Waals surface area contributed by atoms with Crippen molar-refractivity contribution in [2.75, 3.05) is 21.3 Å². The summed E-state index contributed by atoms with van der Waals surface area (Å²) in [4.78, 5) is 10.4. The monoisotopic (exact) mass is 258 g/mol. The van der Waals surface area contributed by atoms with Gasteiger partial charge in [-0.2, -0.15) is 0 Å². The van der Waals surface area contributed by atoms with Crippen molar-refractivity contribution in [1.82, 2.24) is 0 Å². The van der Waals surface area contributed by atoms with Crippen molar-refractivity contribution >= 4 is 15.5 Å². The molecule has 0 bridgehead atoms. The van der Waals surface area contributed by atoms with E-state index in [1.54, 1.807) is 39.5 Å². The smallest absolute Gasteiger partial charge is 0.478 e. The topological polar surface area (TPSA) is 65.0 Å². The molecule has 0 saturated heterocycles. The minimum atomic E-state index is -1.67. The van der Waals surface area contributed by atoms with Gasteiger partial charge in [0.15, 0.2) is 0 Å². The van der Waals surface area contributed by atoms with E-state index in [1.807, 2.05) is 13.0 Å². The Balaban J connectivity index is 0.000000325. The molecule has 1 rings (SSSR count). The molecule has 0 aliphatic rings. The molecule has 0 amide bonds. The van der Waals surface area contributed by atoms with Gasteiger partial charge in [0, 0.05) is 21.3 Å². The summed E-state index contributed by atoms with van der Waals surface area (Å²) in [6, 6.07) is 6.82. The van der Waals surface area contributed by atoms with Crippen molar-refractivity contribution in [3.05, 3.63) is 35.4 Å². The van der Waals surface area contributed by atoms with E-state index in [2.05, 4.69) is 0 Å². The molecule has 96 valence electrons. The third kappa shape index (κ3) is 6.85. The van der Waals surface area contributed by atoms with E-state index in [1.165, 1.54) is 0 Å². The molecule has 0 saturated carbocycles. The van der Waals surface area contributed by atoms with Crippen LogP contribution in [0, 0.1) is 6.92 Å². The van der Waals surface area contributed by atoms with Crippen LogP contribution in [0.4, 0.5) is 0 Å². The van der Waals surface area contributed by atoms with Crippen LogP contribution < -0.4 is 0 Å². The molecule has 1 N–H and O–H groups in total. The number of aromatic carboxylic acids is 1. The molecule has 0 fully saturated rings. The molecule has 0 aromatic heterocycles. The average molecular weight is 258 g/mol. The number of carbonyl (C=O) groups is 1. The van der Waals surface area contributed by atoms with Gasteiger partial charge in [-0.05, 0) is 19.1 Å². The minimum absolute atomic E-state index is 0.347. The fourth-order valence-corrected chi connectivity index (χ4v) is 1.64. The second-order valence-electron chi connectivity index (χ2n) is 3.17. The number of aryl methyl sites for hydroxylation is 1. The normalized spacial score (nSPS) is 9.71. The van der Waals surface area contributed by atoms with Crippen LogP contribution >= 0.6 is 0 Å². The first-order chi connectivity index (χ1) is 8.04. The Hall–Kier alpha value is -1.21. The number of rotatable bonds is 4. The van der Waals surface area contributed by atoms with E-state index in [-0.39, 0.29) is 0 Å². The summed E-state index contributed by atoms with van der Waals surface area (Å²) < 4.78 is 14.2. The van der Waals surface area contributed by atoms with Crippen molar-refractivity contribution in [3.8, 4) is 0 Å². The van der Waals surface area contributed by atoms with Gasteiger partial charge in [0.2, 0.25) is 0 Å². The maximum atomic E-state index is 10.4. The Morgan fingerprint density at radius 1 is 1.18 bits per heavy atom. The molecule has 1 aromatic rings. The number of hydrogen-bond acceptors (Lipinski definition) is 4. The number of benzene rings is 1. The van der Waals surface area contributed by atoms with Crippen molar-refractivity contribution in [1.29, 1.82) is 0 Å². The van der Waals surface area contributed by atoms with Crippen LogP contribution in [0.5, 0.6) is 0 Å². The van der Waals surface area contributed by atoms with Gasteiger partial charge in [0.05, 0.1) is 5.56 Å². The van der Waals surface area contributed by atoms with Crippen molar-refractivity contribution in [2.24, 2.45) is 0 Å². The second-order valence-corrected chi connectivity index (χ2v) is 5.16. The van der Waals surface area contributed by atoms with E-state index in [4.69, 9.17) is 18.4 Å². The standard InChI is InChI=1S/C8H8O2.C3H10O3Si/c1-6-3-2-4-7(5-6)8(9)10;1-4-7(5-2)6-3/h2-5H,1H3,(H,9,10);7H,1-3H3. The van der Waals surface area contributed by atoms with Gasteiger partial charge in [-0.15, -0.1) is 0 Å². The summed E-state index contributed by atoms with van der Waals surface area (Å²) in [7, 11) is 3.05. The molecule has 17 heavy (non-hydrogen) atoms. The van der Waals surface area contributed by atoms with Crippen molar-refractivity contribution in [3.63, 3.8) is 0 Å². The lowest BCUT2D eigenvalue weighted by atomic mass is 10.1. The molecule has 0 spiro atoms. The summed E-state index contributed by atoms with van der Waals surface area (Å²) >= 11 is 0. The molecule has 1 aromatic carbocycles. The van der Waals surface area contributed by atoms with Crippen LogP contribution in [0.3, 0.4) is 0 Å². The van der Waals surface area contributed by atoms with Crippen LogP contribution in [-0.2, 0) is 13.3 Å². The molecular formula is C11H18O5Si. The van der Waals surface area contributed by atoms with E-state index in [9.17, 15) is 4.79 Å². The van der Waals surface area contributed by atoms with Crippen LogP contribution in [0.25, 0.3) is 0 Å². The van der Waals surface area contributed by atoms with E-state index in [0.29, 0.717) is 5.56 Å².